The Labute approximate surface area is 115 Å². The van der Waals surface area contributed by atoms with Crippen molar-refractivity contribution in [3.63, 3.8) is 0 Å². The third kappa shape index (κ3) is 3.35. The number of nitrogens with zero attached hydrogens (tertiary/aromatic N) is 1. The van der Waals surface area contributed by atoms with Gasteiger partial charge in [0.15, 0.2) is 0 Å². The van der Waals surface area contributed by atoms with Crippen LogP contribution in [0.5, 0.6) is 0 Å². The average Bonchev–Trinajstić information content (AvgIpc) is 3.20. The molecule has 3 heteroatoms. The first-order valence-electron chi connectivity index (χ1n) is 7.41. The summed E-state index contributed by atoms with van der Waals surface area (Å²) >= 11 is 0. The van der Waals surface area contributed by atoms with E-state index >= 15 is 0 Å². The van der Waals surface area contributed by atoms with Crippen LogP contribution in [0, 0.1) is 0 Å². The molecule has 2 fully saturated rings. The van der Waals surface area contributed by atoms with Gasteiger partial charge in [-0.2, -0.15) is 0 Å². The summed E-state index contributed by atoms with van der Waals surface area (Å²) in [7, 11) is 1.78. The van der Waals surface area contributed by atoms with Gasteiger partial charge in [0.25, 0.3) is 0 Å². The van der Waals surface area contributed by atoms with Crippen molar-refractivity contribution < 1.29 is 4.74 Å². The monoisotopic (exact) mass is 260 g/mol. The maximum Gasteiger partial charge on any atom is 0.0657 e. The molecule has 19 heavy (non-hydrogen) atoms. The maximum absolute atomic E-state index is 5.38. The molecule has 2 aliphatic rings. The van der Waals surface area contributed by atoms with Crippen molar-refractivity contribution in [3.8, 4) is 0 Å². The number of methoxy groups -OCH3 is 1. The topological polar surface area (TPSA) is 24.5 Å². The van der Waals surface area contributed by atoms with Crippen molar-refractivity contribution in [1.29, 1.82) is 0 Å². The molecule has 2 unspecified atom stereocenters. The van der Waals surface area contributed by atoms with Gasteiger partial charge in [0.05, 0.1) is 12.6 Å². The Kier molecular flexibility index (Phi) is 4.16. The van der Waals surface area contributed by atoms with E-state index in [-0.39, 0.29) is 0 Å². The van der Waals surface area contributed by atoms with Crippen LogP contribution in [0.15, 0.2) is 30.3 Å². The summed E-state index contributed by atoms with van der Waals surface area (Å²) in [6.45, 7) is 3.21. The highest BCUT2D eigenvalue weighted by atomic mass is 16.5. The van der Waals surface area contributed by atoms with Gasteiger partial charge < -0.3 is 10.1 Å². The highest BCUT2D eigenvalue weighted by Gasteiger charge is 2.34. The first kappa shape index (κ1) is 13.1. The van der Waals surface area contributed by atoms with Gasteiger partial charge in [-0.05, 0) is 24.8 Å². The minimum absolute atomic E-state index is 0.315. The summed E-state index contributed by atoms with van der Waals surface area (Å²) in [5.74, 6) is 0. The van der Waals surface area contributed by atoms with Gasteiger partial charge in [-0.3, -0.25) is 4.90 Å². The second kappa shape index (κ2) is 6.04. The van der Waals surface area contributed by atoms with Crippen LogP contribution in [0.4, 0.5) is 0 Å². The fourth-order valence-electron chi connectivity index (χ4n) is 3.07. The molecule has 1 aliphatic carbocycles. The molecule has 0 amide bonds. The van der Waals surface area contributed by atoms with Gasteiger partial charge in [0.1, 0.15) is 0 Å². The minimum atomic E-state index is 0.315. The summed E-state index contributed by atoms with van der Waals surface area (Å²) in [6.07, 6.45) is 4.09. The number of hydrogen-bond acceptors (Lipinski definition) is 3. The van der Waals surface area contributed by atoms with Crippen molar-refractivity contribution in [2.75, 3.05) is 26.8 Å². The molecule has 1 aromatic rings. The molecule has 0 bridgehead atoms. The lowest BCUT2D eigenvalue weighted by Gasteiger charge is -2.23. The van der Waals surface area contributed by atoms with E-state index in [0.29, 0.717) is 12.1 Å². The van der Waals surface area contributed by atoms with E-state index in [1.54, 1.807) is 7.11 Å². The number of benzene rings is 1. The van der Waals surface area contributed by atoms with Gasteiger partial charge in [0.2, 0.25) is 0 Å². The van der Waals surface area contributed by atoms with Crippen LogP contribution in [0.1, 0.15) is 30.9 Å². The Morgan fingerprint density at radius 2 is 2.05 bits per heavy atom. The average molecular weight is 260 g/mol. The summed E-state index contributed by atoms with van der Waals surface area (Å²) in [4.78, 5) is 2.65. The Morgan fingerprint density at radius 1 is 1.26 bits per heavy atom. The van der Waals surface area contributed by atoms with Gasteiger partial charge in [-0.25, -0.2) is 0 Å². The molecular weight excluding hydrogens is 236 g/mol. The van der Waals surface area contributed by atoms with E-state index in [0.717, 1.165) is 12.6 Å². The quantitative estimate of drug-likeness (QED) is 0.848. The molecule has 1 N–H and O–H groups in total. The molecule has 1 saturated carbocycles. The van der Waals surface area contributed by atoms with E-state index in [9.17, 15) is 0 Å². The van der Waals surface area contributed by atoms with Crippen molar-refractivity contribution in [2.24, 2.45) is 0 Å². The van der Waals surface area contributed by atoms with Crippen LogP contribution in [-0.2, 0) is 4.74 Å². The van der Waals surface area contributed by atoms with E-state index in [1.807, 2.05) is 0 Å². The van der Waals surface area contributed by atoms with E-state index in [2.05, 4.69) is 40.5 Å². The molecule has 104 valence electrons. The molecule has 3 nitrogen and oxygen atoms in total. The fourth-order valence-corrected chi connectivity index (χ4v) is 3.07. The maximum atomic E-state index is 5.38. The van der Waals surface area contributed by atoms with Gasteiger partial charge >= 0.3 is 0 Å². The molecule has 1 aromatic carbocycles. The zero-order chi connectivity index (χ0) is 13.1. The van der Waals surface area contributed by atoms with Crippen molar-refractivity contribution in [2.45, 2.75) is 37.4 Å². The third-order valence-electron chi connectivity index (χ3n) is 4.26. The standard InChI is InChI=1S/C16H24N2O/c1-19-12-16(13-5-3-2-4-6-13)17-14-9-10-18(11-14)15-7-8-15/h2-6,14-17H,7-12H2,1H3. The van der Waals surface area contributed by atoms with E-state index in [4.69, 9.17) is 4.74 Å². The normalized spacial score (nSPS) is 25.6. The number of rotatable bonds is 6. The van der Waals surface area contributed by atoms with E-state index in [1.165, 1.54) is 37.9 Å². The van der Waals surface area contributed by atoms with Crippen molar-refractivity contribution in [1.82, 2.24) is 10.2 Å². The van der Waals surface area contributed by atoms with E-state index < -0.39 is 0 Å². The number of nitrogens with one attached hydrogen (secondary N) is 1. The lowest BCUT2D eigenvalue weighted by molar-refractivity contribution is 0.160. The third-order valence-corrected chi connectivity index (χ3v) is 4.26. The predicted molar refractivity (Wildman–Crippen MR) is 77.2 cm³/mol. The Hall–Kier alpha value is -0.900. The summed E-state index contributed by atoms with van der Waals surface area (Å²) in [5.41, 5.74) is 1.33. The van der Waals surface area contributed by atoms with Crippen LogP contribution >= 0.6 is 0 Å². The number of ether oxygens (including phenoxy) is 1. The zero-order valence-electron chi connectivity index (χ0n) is 11.7. The molecule has 1 saturated heterocycles. The molecule has 0 spiro atoms. The summed E-state index contributed by atoms with van der Waals surface area (Å²) in [6, 6.07) is 12.5. The van der Waals surface area contributed by atoms with Crippen LogP contribution in [0.3, 0.4) is 0 Å². The molecule has 0 radical (unpaired) electrons. The van der Waals surface area contributed by atoms with Gasteiger partial charge in [-0.15, -0.1) is 0 Å². The lowest BCUT2D eigenvalue weighted by atomic mass is 10.1. The molecule has 2 atom stereocenters. The molecular formula is C16H24N2O. The van der Waals surface area contributed by atoms with Crippen LogP contribution in [0.25, 0.3) is 0 Å². The second-order valence-electron chi connectivity index (χ2n) is 5.80. The Bertz CT molecular complexity index is 391. The van der Waals surface area contributed by atoms with Crippen LogP contribution in [0.2, 0.25) is 0 Å². The van der Waals surface area contributed by atoms with Gasteiger partial charge in [0, 0.05) is 32.3 Å². The molecule has 1 heterocycles. The fraction of sp³-hybridized carbons (Fsp3) is 0.625. The predicted octanol–water partition coefficient (Wildman–Crippen LogP) is 2.20. The summed E-state index contributed by atoms with van der Waals surface area (Å²) < 4.78 is 5.38. The van der Waals surface area contributed by atoms with Crippen LogP contribution in [-0.4, -0.2) is 43.8 Å². The van der Waals surface area contributed by atoms with Gasteiger partial charge in [-0.1, -0.05) is 30.3 Å². The number of hydrogen-bond donors (Lipinski definition) is 1. The first-order chi connectivity index (χ1) is 9.36. The largest absolute Gasteiger partial charge is 0.383 e. The van der Waals surface area contributed by atoms with Crippen LogP contribution < -0.4 is 5.32 Å². The van der Waals surface area contributed by atoms with Crippen molar-refractivity contribution >= 4 is 0 Å². The Morgan fingerprint density at radius 3 is 2.74 bits per heavy atom. The zero-order valence-corrected chi connectivity index (χ0v) is 11.7. The second-order valence-corrected chi connectivity index (χ2v) is 5.80. The summed E-state index contributed by atoms with van der Waals surface area (Å²) in [5, 5.41) is 3.78. The minimum Gasteiger partial charge on any atom is -0.383 e. The number of likely N-dealkylation sites (tertiary alicyclic amines) is 1. The SMILES string of the molecule is COCC(NC1CCN(C2CC2)C1)c1ccccc1. The van der Waals surface area contributed by atoms with Crippen molar-refractivity contribution in [3.05, 3.63) is 35.9 Å². The highest BCUT2D eigenvalue weighted by Crippen LogP contribution is 2.30. The first-order valence-corrected chi connectivity index (χ1v) is 7.41. The Balaban J connectivity index is 1.59. The molecule has 1 aliphatic heterocycles. The smallest absolute Gasteiger partial charge is 0.0657 e. The molecule has 3 rings (SSSR count). The molecule has 0 aromatic heterocycles. The highest BCUT2D eigenvalue weighted by molar-refractivity contribution is 5.19. The lowest BCUT2D eigenvalue weighted by Crippen LogP contribution is -2.37.